The van der Waals surface area contributed by atoms with Gasteiger partial charge < -0.3 is 15.5 Å². The minimum atomic E-state index is -0.401. The molecule has 1 aliphatic heterocycles. The highest BCUT2D eigenvalue weighted by Gasteiger charge is 2.21. The average Bonchev–Trinajstić information content (AvgIpc) is 2.66. The van der Waals surface area contributed by atoms with E-state index in [-0.39, 0.29) is 12.5 Å². The Balaban J connectivity index is 1.52. The van der Waals surface area contributed by atoms with Crippen LogP contribution < -0.4 is 10.6 Å². The van der Waals surface area contributed by atoms with Crippen molar-refractivity contribution >= 4 is 40.2 Å². The predicted molar refractivity (Wildman–Crippen MR) is 114 cm³/mol. The lowest BCUT2D eigenvalue weighted by atomic mass is 10.1. The van der Waals surface area contributed by atoms with Crippen molar-refractivity contribution in [2.24, 2.45) is 0 Å². The van der Waals surface area contributed by atoms with Crippen molar-refractivity contribution in [3.63, 3.8) is 0 Å². The van der Waals surface area contributed by atoms with E-state index < -0.39 is 11.8 Å². The third-order valence-electron chi connectivity index (χ3n) is 4.61. The van der Waals surface area contributed by atoms with Crippen LogP contribution >= 0.6 is 22.6 Å². The largest absolute Gasteiger partial charge is 0.343 e. The molecule has 0 aromatic heterocycles. The molecule has 8 heteroatoms. The fraction of sp³-hybridized carbons (Fsp3) is 0.300. The van der Waals surface area contributed by atoms with Gasteiger partial charge in [-0.25, -0.2) is 9.18 Å². The number of hydrogen-bond acceptors (Lipinski definition) is 3. The third kappa shape index (κ3) is 5.65. The number of carbonyl (C=O) groups is 2. The maximum absolute atomic E-state index is 14.4. The number of nitrogens with zero attached hydrogens (tertiary/aromatic N) is 2. The second-order valence-electron chi connectivity index (χ2n) is 6.77. The van der Waals surface area contributed by atoms with Gasteiger partial charge in [-0.1, -0.05) is 18.2 Å². The summed E-state index contributed by atoms with van der Waals surface area (Å²) in [6, 6.07) is 12.1. The van der Waals surface area contributed by atoms with Gasteiger partial charge in [-0.3, -0.25) is 9.69 Å². The molecule has 1 aliphatic rings. The zero-order valence-corrected chi connectivity index (χ0v) is 17.7. The van der Waals surface area contributed by atoms with Crippen molar-refractivity contribution in [2.75, 3.05) is 32.0 Å². The normalized spacial score (nSPS) is 14.8. The lowest BCUT2D eigenvalue weighted by Gasteiger charge is -2.32. The van der Waals surface area contributed by atoms with Crippen LogP contribution in [0.2, 0.25) is 0 Å². The van der Waals surface area contributed by atoms with Gasteiger partial charge in [0.25, 0.3) is 0 Å². The molecule has 1 saturated heterocycles. The Morgan fingerprint density at radius 2 is 1.93 bits per heavy atom. The first kappa shape index (κ1) is 20.5. The molecule has 2 aromatic rings. The summed E-state index contributed by atoms with van der Waals surface area (Å²) in [6.07, 6.45) is 0. The first-order valence-corrected chi connectivity index (χ1v) is 10.0. The molecule has 0 aliphatic carbocycles. The van der Waals surface area contributed by atoms with Crippen LogP contribution in [0.25, 0.3) is 0 Å². The molecule has 0 radical (unpaired) electrons. The van der Waals surface area contributed by atoms with E-state index >= 15 is 0 Å². The van der Waals surface area contributed by atoms with Crippen molar-refractivity contribution < 1.29 is 14.0 Å². The summed E-state index contributed by atoms with van der Waals surface area (Å²) in [6.45, 7) is 2.39. The predicted octanol–water partition coefficient (Wildman–Crippen LogP) is 3.03. The molecule has 3 rings (SSSR count). The number of nitrogens with one attached hydrogen (secondary N) is 2. The molecule has 6 nitrogen and oxygen atoms in total. The summed E-state index contributed by atoms with van der Waals surface area (Å²) >= 11 is 2.22. The molecule has 0 unspecified atom stereocenters. The number of carbonyl (C=O) groups excluding carboxylic acids is 2. The highest BCUT2D eigenvalue weighted by Crippen LogP contribution is 2.17. The lowest BCUT2D eigenvalue weighted by molar-refractivity contribution is -0.134. The van der Waals surface area contributed by atoms with E-state index in [4.69, 9.17) is 0 Å². The molecule has 1 heterocycles. The molecular weight excluding hydrogens is 474 g/mol. The zero-order chi connectivity index (χ0) is 20.1. The van der Waals surface area contributed by atoms with Gasteiger partial charge in [0.05, 0.1) is 6.54 Å². The van der Waals surface area contributed by atoms with E-state index in [1.165, 1.54) is 6.07 Å². The molecule has 0 saturated carbocycles. The van der Waals surface area contributed by atoms with Gasteiger partial charge in [0.2, 0.25) is 5.91 Å². The summed E-state index contributed by atoms with van der Waals surface area (Å²) in [4.78, 5) is 27.4. The Labute approximate surface area is 177 Å². The standard InChI is InChI=1S/C20H22FIN4O2/c1-25-8-9-26(13-19(25)27)12-15-4-7-17(10-18(15)21)24-20(28)23-11-14-2-5-16(22)6-3-14/h2-7,10H,8-9,11-13H2,1H3,(H2,23,24,28). The monoisotopic (exact) mass is 496 g/mol. The zero-order valence-electron chi connectivity index (χ0n) is 15.5. The minimum Gasteiger partial charge on any atom is -0.343 e. The SMILES string of the molecule is CN1CCN(Cc2ccc(NC(=O)NCc3ccc(I)cc3)cc2F)CC1=O. The van der Waals surface area contributed by atoms with Gasteiger partial charge in [-0.2, -0.15) is 0 Å². The molecular formula is C20H22FIN4O2. The summed E-state index contributed by atoms with van der Waals surface area (Å²) in [5.41, 5.74) is 1.87. The highest BCUT2D eigenvalue weighted by molar-refractivity contribution is 14.1. The van der Waals surface area contributed by atoms with Crippen LogP contribution in [0.3, 0.4) is 0 Å². The third-order valence-corrected chi connectivity index (χ3v) is 5.33. The first-order chi connectivity index (χ1) is 13.4. The Kier molecular flexibility index (Phi) is 6.84. The Bertz CT molecular complexity index is 860. The number of rotatable bonds is 5. The molecule has 28 heavy (non-hydrogen) atoms. The van der Waals surface area contributed by atoms with Crippen LogP contribution in [-0.4, -0.2) is 48.4 Å². The van der Waals surface area contributed by atoms with Gasteiger partial charge in [0.1, 0.15) is 5.82 Å². The number of piperazine rings is 1. The van der Waals surface area contributed by atoms with Gasteiger partial charge in [-0.15, -0.1) is 0 Å². The quantitative estimate of drug-likeness (QED) is 0.626. The Morgan fingerprint density at radius 1 is 1.18 bits per heavy atom. The van der Waals surface area contributed by atoms with Crippen LogP contribution in [0.5, 0.6) is 0 Å². The topological polar surface area (TPSA) is 64.7 Å². The smallest absolute Gasteiger partial charge is 0.319 e. The molecule has 3 amide bonds. The maximum Gasteiger partial charge on any atom is 0.319 e. The second-order valence-corrected chi connectivity index (χ2v) is 8.01. The molecule has 0 spiro atoms. The van der Waals surface area contributed by atoms with Crippen molar-refractivity contribution in [3.05, 3.63) is 63.0 Å². The number of benzene rings is 2. The van der Waals surface area contributed by atoms with Crippen LogP contribution in [0, 0.1) is 9.39 Å². The second kappa shape index (κ2) is 9.33. The van der Waals surface area contributed by atoms with Crippen molar-refractivity contribution in [1.29, 1.82) is 0 Å². The fourth-order valence-electron chi connectivity index (χ4n) is 2.90. The number of anilines is 1. The highest BCUT2D eigenvalue weighted by atomic mass is 127. The number of urea groups is 1. The van der Waals surface area contributed by atoms with Crippen molar-refractivity contribution in [1.82, 2.24) is 15.1 Å². The molecule has 2 aromatic carbocycles. The Hall–Kier alpha value is -2.20. The van der Waals surface area contributed by atoms with Crippen LogP contribution in [0.4, 0.5) is 14.9 Å². The molecule has 1 fully saturated rings. The number of amides is 3. The first-order valence-electron chi connectivity index (χ1n) is 8.95. The lowest BCUT2D eigenvalue weighted by Crippen LogP contribution is -2.48. The van der Waals surface area contributed by atoms with E-state index in [2.05, 4.69) is 33.2 Å². The fourth-order valence-corrected chi connectivity index (χ4v) is 3.26. The van der Waals surface area contributed by atoms with Gasteiger partial charge in [0, 0.05) is 48.0 Å². The van der Waals surface area contributed by atoms with Gasteiger partial charge in [0.15, 0.2) is 0 Å². The minimum absolute atomic E-state index is 0.0368. The van der Waals surface area contributed by atoms with Crippen LogP contribution in [0.15, 0.2) is 42.5 Å². The average molecular weight is 496 g/mol. The number of likely N-dealkylation sites (N-methyl/N-ethyl adjacent to an activating group) is 1. The molecule has 0 bridgehead atoms. The number of hydrogen-bond donors (Lipinski definition) is 2. The Morgan fingerprint density at radius 3 is 2.61 bits per heavy atom. The molecule has 148 valence electrons. The van der Waals surface area contributed by atoms with E-state index in [0.717, 1.165) is 9.13 Å². The van der Waals surface area contributed by atoms with Crippen molar-refractivity contribution in [2.45, 2.75) is 13.1 Å². The maximum atomic E-state index is 14.4. The van der Waals surface area contributed by atoms with E-state index in [9.17, 15) is 14.0 Å². The number of halogens is 2. The summed E-state index contributed by atoms with van der Waals surface area (Å²) < 4.78 is 15.6. The van der Waals surface area contributed by atoms with Crippen LogP contribution in [0.1, 0.15) is 11.1 Å². The van der Waals surface area contributed by atoms with E-state index in [1.54, 1.807) is 24.1 Å². The molecule has 2 N–H and O–H groups in total. The summed E-state index contributed by atoms with van der Waals surface area (Å²) in [7, 11) is 1.77. The van der Waals surface area contributed by atoms with Gasteiger partial charge >= 0.3 is 6.03 Å². The van der Waals surface area contributed by atoms with Gasteiger partial charge in [-0.05, 0) is 52.4 Å². The van der Waals surface area contributed by atoms with E-state index in [0.29, 0.717) is 37.4 Å². The summed E-state index contributed by atoms with van der Waals surface area (Å²) in [5.74, 6) is -0.364. The molecule has 0 atom stereocenters. The van der Waals surface area contributed by atoms with E-state index in [1.807, 2.05) is 29.2 Å². The summed E-state index contributed by atoms with van der Waals surface area (Å²) in [5, 5.41) is 5.39. The van der Waals surface area contributed by atoms with Crippen LogP contribution in [-0.2, 0) is 17.9 Å². The van der Waals surface area contributed by atoms with Crippen molar-refractivity contribution in [3.8, 4) is 0 Å².